The summed E-state index contributed by atoms with van der Waals surface area (Å²) in [4.78, 5) is 11.9. The van der Waals surface area contributed by atoms with Crippen molar-refractivity contribution in [1.29, 1.82) is 0 Å². The molecule has 24 heavy (non-hydrogen) atoms. The number of carbonyl (C=O) groups excluding carboxylic acids is 1. The van der Waals surface area contributed by atoms with Gasteiger partial charge in [-0.1, -0.05) is 49.7 Å². The number of aromatic nitrogens is 2. The fourth-order valence-electron chi connectivity index (χ4n) is 2.51. The summed E-state index contributed by atoms with van der Waals surface area (Å²) in [6.07, 6.45) is 7.05. The van der Waals surface area contributed by atoms with Crippen LogP contribution in [-0.4, -0.2) is 22.2 Å². The molecule has 1 aromatic carbocycles. The number of pyridine rings is 1. The van der Waals surface area contributed by atoms with E-state index in [0.717, 1.165) is 35.2 Å². The lowest BCUT2D eigenvalue weighted by Crippen LogP contribution is -2.01. The highest BCUT2D eigenvalue weighted by Crippen LogP contribution is 2.27. The molecular formula is C20H20N2O2. The number of hydrogen-bond donors (Lipinski definition) is 0. The van der Waals surface area contributed by atoms with E-state index in [2.05, 4.69) is 12.0 Å². The molecule has 4 heteroatoms. The zero-order valence-corrected chi connectivity index (χ0v) is 13.7. The van der Waals surface area contributed by atoms with Crippen LogP contribution in [0.4, 0.5) is 0 Å². The highest BCUT2D eigenvalue weighted by Gasteiger charge is 2.12. The number of rotatable bonds is 6. The molecule has 0 aliphatic rings. The van der Waals surface area contributed by atoms with Crippen molar-refractivity contribution in [2.75, 3.05) is 6.61 Å². The van der Waals surface area contributed by atoms with Gasteiger partial charge in [0, 0.05) is 23.4 Å². The van der Waals surface area contributed by atoms with E-state index in [1.807, 2.05) is 59.2 Å². The first-order chi connectivity index (χ1) is 11.8. The van der Waals surface area contributed by atoms with E-state index in [4.69, 9.17) is 4.74 Å². The van der Waals surface area contributed by atoms with E-state index in [1.165, 1.54) is 6.08 Å². The van der Waals surface area contributed by atoms with Crippen LogP contribution in [0.25, 0.3) is 22.9 Å². The van der Waals surface area contributed by atoms with Gasteiger partial charge in [-0.15, -0.1) is 0 Å². The van der Waals surface area contributed by atoms with Crippen molar-refractivity contribution in [2.24, 2.45) is 0 Å². The molecule has 0 atom stereocenters. The molecule has 0 radical (unpaired) electrons. The minimum absolute atomic E-state index is 0.322. The molecule has 0 saturated heterocycles. The summed E-state index contributed by atoms with van der Waals surface area (Å²) in [5, 5.41) is 4.65. The number of ether oxygens (including phenoxy) is 1. The first kappa shape index (κ1) is 16.0. The number of carbonyl (C=O) groups is 1. The van der Waals surface area contributed by atoms with Crippen LogP contribution in [0, 0.1) is 0 Å². The van der Waals surface area contributed by atoms with Gasteiger partial charge in [-0.05, 0) is 24.6 Å². The Labute approximate surface area is 141 Å². The Hall–Kier alpha value is -2.88. The van der Waals surface area contributed by atoms with Crippen LogP contribution < -0.4 is 0 Å². The minimum atomic E-state index is -0.322. The maximum absolute atomic E-state index is 11.9. The van der Waals surface area contributed by atoms with E-state index >= 15 is 0 Å². The second-order valence-electron chi connectivity index (χ2n) is 5.51. The SMILES string of the molecule is CCCCOC(=O)/C=C/c1c(-c2ccccc2)nn2ccccc12. The lowest BCUT2D eigenvalue weighted by Gasteiger charge is -2.00. The van der Waals surface area contributed by atoms with E-state index in [-0.39, 0.29) is 5.97 Å². The summed E-state index contributed by atoms with van der Waals surface area (Å²) in [6.45, 7) is 2.52. The van der Waals surface area contributed by atoms with Crippen LogP contribution in [0.3, 0.4) is 0 Å². The van der Waals surface area contributed by atoms with Gasteiger partial charge in [0.1, 0.15) is 5.69 Å². The molecule has 3 rings (SSSR count). The van der Waals surface area contributed by atoms with Gasteiger partial charge >= 0.3 is 5.97 Å². The Balaban J connectivity index is 1.95. The van der Waals surface area contributed by atoms with Gasteiger partial charge in [-0.3, -0.25) is 0 Å². The summed E-state index contributed by atoms with van der Waals surface area (Å²) in [5.41, 5.74) is 3.72. The maximum Gasteiger partial charge on any atom is 0.330 e. The molecule has 0 amide bonds. The smallest absolute Gasteiger partial charge is 0.330 e. The standard InChI is InChI=1S/C20H20N2O2/c1-2-3-15-24-19(23)13-12-17-18-11-7-8-14-22(18)21-20(17)16-9-5-4-6-10-16/h4-14H,2-3,15H2,1H3/b13-12+. The fraction of sp³-hybridized carbons (Fsp3) is 0.200. The minimum Gasteiger partial charge on any atom is -0.463 e. The van der Waals surface area contributed by atoms with Crippen molar-refractivity contribution < 1.29 is 9.53 Å². The molecular weight excluding hydrogens is 300 g/mol. The Morgan fingerprint density at radius 2 is 1.96 bits per heavy atom. The van der Waals surface area contributed by atoms with E-state index in [0.29, 0.717) is 6.61 Å². The van der Waals surface area contributed by atoms with Crippen LogP contribution in [0.1, 0.15) is 25.3 Å². The van der Waals surface area contributed by atoms with Gasteiger partial charge in [-0.2, -0.15) is 5.10 Å². The van der Waals surface area contributed by atoms with Crippen molar-refractivity contribution >= 4 is 17.6 Å². The number of benzene rings is 1. The summed E-state index contributed by atoms with van der Waals surface area (Å²) in [7, 11) is 0. The molecule has 0 unspecified atom stereocenters. The van der Waals surface area contributed by atoms with Crippen molar-refractivity contribution in [2.45, 2.75) is 19.8 Å². The van der Waals surface area contributed by atoms with Gasteiger partial charge < -0.3 is 4.74 Å². The van der Waals surface area contributed by atoms with Crippen molar-refractivity contribution in [1.82, 2.24) is 9.61 Å². The molecule has 0 fully saturated rings. The number of fused-ring (bicyclic) bond motifs is 1. The lowest BCUT2D eigenvalue weighted by atomic mass is 10.1. The average Bonchev–Trinajstić information content (AvgIpc) is 2.99. The van der Waals surface area contributed by atoms with Crippen molar-refractivity contribution in [3.63, 3.8) is 0 Å². The summed E-state index contributed by atoms with van der Waals surface area (Å²) in [5.74, 6) is -0.322. The Morgan fingerprint density at radius 1 is 1.17 bits per heavy atom. The topological polar surface area (TPSA) is 43.6 Å². The largest absolute Gasteiger partial charge is 0.463 e. The van der Waals surface area contributed by atoms with Crippen LogP contribution in [0.2, 0.25) is 0 Å². The van der Waals surface area contributed by atoms with Crippen LogP contribution >= 0.6 is 0 Å². The van der Waals surface area contributed by atoms with E-state index in [1.54, 1.807) is 6.08 Å². The van der Waals surface area contributed by atoms with E-state index in [9.17, 15) is 4.79 Å². The fourth-order valence-corrected chi connectivity index (χ4v) is 2.51. The van der Waals surface area contributed by atoms with Gasteiger partial charge in [0.2, 0.25) is 0 Å². The highest BCUT2D eigenvalue weighted by atomic mass is 16.5. The molecule has 0 saturated carbocycles. The third kappa shape index (κ3) is 3.54. The van der Waals surface area contributed by atoms with Crippen molar-refractivity contribution in [3.05, 3.63) is 66.4 Å². The summed E-state index contributed by atoms with van der Waals surface area (Å²) >= 11 is 0. The molecule has 0 bridgehead atoms. The first-order valence-electron chi connectivity index (χ1n) is 8.17. The quantitative estimate of drug-likeness (QED) is 0.385. The number of nitrogens with zero attached hydrogens (tertiary/aromatic N) is 2. The average molecular weight is 320 g/mol. The van der Waals surface area contributed by atoms with Gasteiger partial charge in [0.25, 0.3) is 0 Å². The summed E-state index contributed by atoms with van der Waals surface area (Å²) in [6, 6.07) is 15.8. The Kier molecular flexibility index (Phi) is 5.06. The number of unbranched alkanes of at least 4 members (excludes halogenated alkanes) is 1. The second kappa shape index (κ2) is 7.59. The number of hydrogen-bond acceptors (Lipinski definition) is 3. The third-order valence-corrected chi connectivity index (χ3v) is 3.75. The molecule has 0 spiro atoms. The molecule has 0 aliphatic heterocycles. The van der Waals surface area contributed by atoms with Gasteiger partial charge in [-0.25, -0.2) is 9.31 Å². The lowest BCUT2D eigenvalue weighted by molar-refractivity contribution is -0.137. The maximum atomic E-state index is 11.9. The first-order valence-corrected chi connectivity index (χ1v) is 8.17. The zero-order chi connectivity index (χ0) is 16.8. The predicted molar refractivity (Wildman–Crippen MR) is 95.5 cm³/mol. The highest BCUT2D eigenvalue weighted by molar-refractivity contribution is 5.92. The Bertz CT molecular complexity index is 850. The second-order valence-corrected chi connectivity index (χ2v) is 5.51. The normalized spacial score (nSPS) is 11.2. The zero-order valence-electron chi connectivity index (χ0n) is 13.7. The van der Waals surface area contributed by atoms with Crippen LogP contribution in [-0.2, 0) is 9.53 Å². The molecule has 2 heterocycles. The Morgan fingerprint density at radius 3 is 2.75 bits per heavy atom. The van der Waals surface area contributed by atoms with Crippen molar-refractivity contribution in [3.8, 4) is 11.3 Å². The molecule has 3 aromatic rings. The molecule has 122 valence electrons. The number of esters is 1. The van der Waals surface area contributed by atoms with Gasteiger partial charge in [0.15, 0.2) is 0 Å². The molecule has 4 nitrogen and oxygen atoms in total. The molecule has 0 N–H and O–H groups in total. The monoisotopic (exact) mass is 320 g/mol. The molecule has 0 aliphatic carbocycles. The van der Waals surface area contributed by atoms with E-state index < -0.39 is 0 Å². The summed E-state index contributed by atoms with van der Waals surface area (Å²) < 4.78 is 7.01. The third-order valence-electron chi connectivity index (χ3n) is 3.75. The predicted octanol–water partition coefficient (Wildman–Crippen LogP) is 4.36. The van der Waals surface area contributed by atoms with Gasteiger partial charge in [0.05, 0.1) is 12.1 Å². The van der Waals surface area contributed by atoms with Crippen LogP contribution in [0.15, 0.2) is 60.8 Å². The molecule has 2 aromatic heterocycles. The van der Waals surface area contributed by atoms with Crippen LogP contribution in [0.5, 0.6) is 0 Å².